The Morgan fingerprint density at radius 1 is 0.511 bits per heavy atom. The molecule has 3 aromatic rings. The third-order valence-electron chi connectivity index (χ3n) is 8.52. The van der Waals surface area contributed by atoms with E-state index in [1.54, 1.807) is 0 Å². The van der Waals surface area contributed by atoms with E-state index in [1.165, 1.54) is 96.3 Å². The van der Waals surface area contributed by atoms with Crippen molar-refractivity contribution < 1.29 is 13.9 Å². The Hall–Kier alpha value is -2.95. The number of halogens is 1. The van der Waals surface area contributed by atoms with Gasteiger partial charge in [-0.15, -0.1) is 0 Å². The van der Waals surface area contributed by atoms with Crippen LogP contribution in [0.3, 0.4) is 0 Å². The summed E-state index contributed by atoms with van der Waals surface area (Å²) in [5.41, 5.74) is 2.89. The van der Waals surface area contributed by atoms with Crippen LogP contribution in [-0.2, 0) is 0 Å². The molecule has 0 amide bonds. The Kier molecular flexibility index (Phi) is 19.0. The first-order valence-corrected chi connectivity index (χ1v) is 18.1. The molecule has 3 rings (SSSR count). The molecular weight excluding hydrogens is 559 g/mol. The van der Waals surface area contributed by atoms with Crippen molar-refractivity contribution in [3.05, 3.63) is 60.9 Å². The summed E-state index contributed by atoms with van der Waals surface area (Å²) in [5.74, 6) is 2.26. The van der Waals surface area contributed by atoms with Gasteiger partial charge in [-0.1, -0.05) is 135 Å². The fourth-order valence-electron chi connectivity index (χ4n) is 5.62. The Morgan fingerprint density at radius 2 is 0.956 bits per heavy atom. The topological polar surface area (TPSA) is 44.2 Å². The lowest BCUT2D eigenvalue weighted by molar-refractivity contribution is 0.184. The monoisotopic (exact) mass is 618 g/mol. The zero-order valence-electron chi connectivity index (χ0n) is 28.3. The molecule has 1 aromatic heterocycles. The minimum atomic E-state index is -0.920. The Morgan fingerprint density at radius 3 is 1.49 bits per heavy atom. The zero-order chi connectivity index (χ0) is 31.8. The maximum atomic E-state index is 14.3. The van der Waals surface area contributed by atoms with E-state index < -0.39 is 6.17 Å². The average molecular weight is 619 g/mol. The molecule has 2 aromatic carbocycles. The molecule has 0 radical (unpaired) electrons. The lowest BCUT2D eigenvalue weighted by Crippen LogP contribution is -2.12. The molecule has 0 aliphatic heterocycles. The summed E-state index contributed by atoms with van der Waals surface area (Å²) in [7, 11) is 0. The van der Waals surface area contributed by atoms with Crippen LogP contribution >= 0.6 is 0 Å². The summed E-state index contributed by atoms with van der Waals surface area (Å²) >= 11 is 0. The van der Waals surface area contributed by atoms with Gasteiger partial charge in [0.1, 0.15) is 24.3 Å². The fourth-order valence-corrected chi connectivity index (χ4v) is 5.62. The standard InChI is InChI=1S/C40H59FN2O2/c1-3-5-7-9-11-13-14-16-18-20-30-44-38-28-24-35(25-29-38)40-42-31-36(32-43-40)34-22-26-39(27-23-34)45-33-37(41)21-19-17-15-12-10-8-6-4-2/h22-29,31-32,37H,3-21,30,33H2,1-2H3. The number of aromatic nitrogens is 2. The first-order valence-electron chi connectivity index (χ1n) is 18.1. The van der Waals surface area contributed by atoms with E-state index in [4.69, 9.17) is 9.47 Å². The molecule has 4 nitrogen and oxygen atoms in total. The molecule has 0 saturated heterocycles. The maximum Gasteiger partial charge on any atom is 0.159 e. The summed E-state index contributed by atoms with van der Waals surface area (Å²) in [5, 5.41) is 0. The number of alkyl halides is 1. The summed E-state index contributed by atoms with van der Waals surface area (Å²) in [6, 6.07) is 15.8. The molecule has 45 heavy (non-hydrogen) atoms. The van der Waals surface area contributed by atoms with Gasteiger partial charge in [-0.2, -0.15) is 0 Å². The second-order valence-electron chi connectivity index (χ2n) is 12.5. The van der Waals surface area contributed by atoms with Crippen LogP contribution in [0.2, 0.25) is 0 Å². The molecule has 1 unspecified atom stereocenters. The number of hydrogen-bond donors (Lipinski definition) is 0. The van der Waals surface area contributed by atoms with E-state index >= 15 is 0 Å². The highest BCUT2D eigenvalue weighted by atomic mass is 19.1. The molecule has 0 aliphatic rings. The van der Waals surface area contributed by atoms with Crippen LogP contribution in [0, 0.1) is 0 Å². The van der Waals surface area contributed by atoms with E-state index in [0.29, 0.717) is 18.0 Å². The molecular formula is C40H59FN2O2. The van der Waals surface area contributed by atoms with Gasteiger partial charge in [0.15, 0.2) is 5.82 Å². The van der Waals surface area contributed by atoms with Gasteiger partial charge in [0.25, 0.3) is 0 Å². The molecule has 0 aliphatic carbocycles. The van der Waals surface area contributed by atoms with Crippen LogP contribution in [0.5, 0.6) is 11.5 Å². The number of nitrogens with zero attached hydrogens (tertiary/aromatic N) is 2. The van der Waals surface area contributed by atoms with Crippen molar-refractivity contribution in [1.29, 1.82) is 0 Å². The average Bonchev–Trinajstić information content (AvgIpc) is 3.08. The van der Waals surface area contributed by atoms with Crippen molar-refractivity contribution in [2.45, 2.75) is 142 Å². The number of hydrogen-bond acceptors (Lipinski definition) is 4. The Bertz CT molecular complexity index is 1120. The van der Waals surface area contributed by atoms with Crippen molar-refractivity contribution in [3.63, 3.8) is 0 Å². The third-order valence-corrected chi connectivity index (χ3v) is 8.52. The van der Waals surface area contributed by atoms with Gasteiger partial charge in [-0.3, -0.25) is 0 Å². The van der Waals surface area contributed by atoms with Crippen molar-refractivity contribution in [2.75, 3.05) is 13.2 Å². The van der Waals surface area contributed by atoms with Crippen LogP contribution in [0.4, 0.5) is 4.39 Å². The second-order valence-corrected chi connectivity index (χ2v) is 12.5. The largest absolute Gasteiger partial charge is 0.494 e. The maximum absolute atomic E-state index is 14.3. The van der Waals surface area contributed by atoms with E-state index in [0.717, 1.165) is 48.3 Å². The van der Waals surface area contributed by atoms with Crippen LogP contribution < -0.4 is 9.47 Å². The van der Waals surface area contributed by atoms with Gasteiger partial charge < -0.3 is 9.47 Å². The minimum Gasteiger partial charge on any atom is -0.494 e. The van der Waals surface area contributed by atoms with Crippen LogP contribution in [0.1, 0.15) is 136 Å². The van der Waals surface area contributed by atoms with Crippen molar-refractivity contribution in [1.82, 2.24) is 9.97 Å². The zero-order valence-corrected chi connectivity index (χ0v) is 28.3. The van der Waals surface area contributed by atoms with E-state index in [1.807, 2.05) is 60.9 Å². The van der Waals surface area contributed by atoms with Gasteiger partial charge in [-0.05, 0) is 54.8 Å². The van der Waals surface area contributed by atoms with E-state index in [-0.39, 0.29) is 6.61 Å². The molecule has 0 saturated carbocycles. The number of ether oxygens (including phenoxy) is 2. The van der Waals surface area contributed by atoms with E-state index in [2.05, 4.69) is 23.8 Å². The van der Waals surface area contributed by atoms with Gasteiger partial charge >= 0.3 is 0 Å². The molecule has 1 heterocycles. The Labute approximate surface area is 273 Å². The first kappa shape index (κ1) is 36.5. The third kappa shape index (κ3) is 15.7. The highest BCUT2D eigenvalue weighted by Gasteiger charge is 2.09. The molecule has 0 bridgehead atoms. The van der Waals surface area contributed by atoms with Gasteiger partial charge in [-0.25, -0.2) is 14.4 Å². The van der Waals surface area contributed by atoms with Gasteiger partial charge in [0.05, 0.1) is 6.61 Å². The molecule has 0 fully saturated rings. The van der Waals surface area contributed by atoms with Gasteiger partial charge in [0.2, 0.25) is 0 Å². The van der Waals surface area contributed by atoms with Gasteiger partial charge in [0, 0.05) is 23.5 Å². The number of rotatable bonds is 26. The second kappa shape index (κ2) is 23.4. The molecule has 0 N–H and O–H groups in total. The van der Waals surface area contributed by atoms with Crippen molar-refractivity contribution in [3.8, 4) is 34.0 Å². The normalized spacial score (nSPS) is 11.9. The highest BCUT2D eigenvalue weighted by Crippen LogP contribution is 2.25. The van der Waals surface area contributed by atoms with Crippen LogP contribution in [0.15, 0.2) is 60.9 Å². The number of benzene rings is 2. The summed E-state index contributed by atoms with van der Waals surface area (Å²) in [6.07, 6.45) is 26.4. The van der Waals surface area contributed by atoms with Crippen LogP contribution in [0.25, 0.3) is 22.5 Å². The fraction of sp³-hybridized carbons (Fsp3) is 0.600. The summed E-state index contributed by atoms with van der Waals surface area (Å²) < 4.78 is 26.0. The molecule has 1 atom stereocenters. The van der Waals surface area contributed by atoms with Crippen molar-refractivity contribution >= 4 is 0 Å². The lowest BCUT2D eigenvalue weighted by atomic mass is 10.1. The summed E-state index contributed by atoms with van der Waals surface area (Å²) in [4.78, 5) is 9.19. The predicted molar refractivity (Wildman–Crippen MR) is 188 cm³/mol. The molecule has 248 valence electrons. The van der Waals surface area contributed by atoms with Crippen molar-refractivity contribution in [2.24, 2.45) is 0 Å². The SMILES string of the molecule is CCCCCCCCCCCCOc1ccc(-c2ncc(-c3ccc(OCC(F)CCCCCCCCCC)cc3)cn2)cc1. The highest BCUT2D eigenvalue weighted by molar-refractivity contribution is 5.64. The first-order chi connectivity index (χ1) is 22.2. The number of unbranched alkanes of at least 4 members (excludes halogenated alkanes) is 16. The Balaban J connectivity index is 1.30. The smallest absolute Gasteiger partial charge is 0.159 e. The molecule has 0 spiro atoms. The lowest BCUT2D eigenvalue weighted by Gasteiger charge is -2.11. The molecule has 5 heteroatoms. The quantitative estimate of drug-likeness (QED) is 0.0840. The predicted octanol–water partition coefficient (Wildman–Crippen LogP) is 12.4. The van der Waals surface area contributed by atoms with Crippen LogP contribution in [-0.4, -0.2) is 29.4 Å². The van der Waals surface area contributed by atoms with E-state index in [9.17, 15) is 4.39 Å². The summed E-state index contributed by atoms with van der Waals surface area (Å²) in [6.45, 7) is 5.38. The minimum absolute atomic E-state index is 0.108.